The molecule has 0 saturated carbocycles. The number of hydrogen-bond acceptors (Lipinski definition) is 4. The predicted octanol–water partition coefficient (Wildman–Crippen LogP) is -0.406. The van der Waals surface area contributed by atoms with Gasteiger partial charge in [-0.2, -0.15) is 5.48 Å². The quantitative estimate of drug-likeness (QED) is 0.406. The van der Waals surface area contributed by atoms with E-state index in [4.69, 9.17) is 9.84 Å². The molecule has 0 spiro atoms. The minimum Gasteiger partial charge on any atom is -0.369 e. The summed E-state index contributed by atoms with van der Waals surface area (Å²) in [5.74, 6) is 0. The second kappa shape index (κ2) is 3.79. The Kier molecular flexibility index (Phi) is 2.93. The minimum absolute atomic E-state index is 0.0165. The number of nitrogens with one attached hydrogen (secondary N) is 1. The van der Waals surface area contributed by atoms with Gasteiger partial charge in [0.2, 0.25) is 0 Å². The molecule has 54 valence electrons. The fourth-order valence-corrected chi connectivity index (χ4v) is 0.801. The van der Waals surface area contributed by atoms with Crippen LogP contribution in [-0.2, 0) is 9.57 Å². The van der Waals surface area contributed by atoms with E-state index in [1.807, 2.05) is 0 Å². The van der Waals surface area contributed by atoms with E-state index in [9.17, 15) is 0 Å². The van der Waals surface area contributed by atoms with E-state index < -0.39 is 0 Å². The molecular weight excluding hydrogens is 122 g/mol. The molecule has 1 heterocycles. The van der Waals surface area contributed by atoms with Crippen LogP contribution in [0.15, 0.2) is 0 Å². The van der Waals surface area contributed by atoms with Crippen molar-refractivity contribution in [1.82, 2.24) is 5.48 Å². The van der Waals surface area contributed by atoms with Crippen LogP contribution in [0.3, 0.4) is 0 Å². The van der Waals surface area contributed by atoms with Gasteiger partial charge in [-0.05, 0) is 12.8 Å². The molecule has 0 aromatic carbocycles. The van der Waals surface area contributed by atoms with Gasteiger partial charge in [0.25, 0.3) is 0 Å². The molecular formula is C5H11NO3. The average molecular weight is 133 g/mol. The molecule has 1 aliphatic heterocycles. The van der Waals surface area contributed by atoms with Crippen molar-refractivity contribution in [2.75, 3.05) is 13.4 Å². The number of hydroxylamine groups is 1. The van der Waals surface area contributed by atoms with Crippen molar-refractivity contribution < 1.29 is 14.7 Å². The fraction of sp³-hybridized carbons (Fsp3) is 1.00. The zero-order valence-electron chi connectivity index (χ0n) is 5.17. The molecule has 9 heavy (non-hydrogen) atoms. The molecule has 1 atom stereocenters. The van der Waals surface area contributed by atoms with Gasteiger partial charge >= 0.3 is 0 Å². The van der Waals surface area contributed by atoms with Gasteiger partial charge in [0.05, 0.1) is 0 Å². The lowest BCUT2D eigenvalue weighted by atomic mass is 10.3. The molecule has 0 aromatic rings. The maximum atomic E-state index is 8.19. The van der Waals surface area contributed by atoms with E-state index >= 15 is 0 Å². The molecule has 0 radical (unpaired) electrons. The van der Waals surface area contributed by atoms with Gasteiger partial charge in [0.1, 0.15) is 6.23 Å². The lowest BCUT2D eigenvalue weighted by Gasteiger charge is -2.08. The van der Waals surface area contributed by atoms with Gasteiger partial charge in [-0.15, -0.1) is 0 Å². The number of aliphatic hydroxyl groups is 1. The lowest BCUT2D eigenvalue weighted by Crippen LogP contribution is -2.28. The Labute approximate surface area is 53.7 Å². The number of ether oxygens (including phenoxy) is 1. The highest BCUT2D eigenvalue weighted by Gasteiger charge is 2.13. The van der Waals surface area contributed by atoms with Gasteiger partial charge in [-0.25, -0.2) is 0 Å². The minimum atomic E-state index is -0.306. The maximum Gasteiger partial charge on any atom is 0.163 e. The highest BCUT2D eigenvalue weighted by atomic mass is 16.7. The summed E-state index contributed by atoms with van der Waals surface area (Å²) in [5.41, 5.74) is 2.56. The third kappa shape index (κ3) is 2.28. The van der Waals surface area contributed by atoms with Crippen molar-refractivity contribution in [1.29, 1.82) is 0 Å². The molecule has 1 saturated heterocycles. The van der Waals surface area contributed by atoms with Gasteiger partial charge < -0.3 is 9.84 Å². The summed E-state index contributed by atoms with van der Waals surface area (Å²) >= 11 is 0. The molecule has 2 N–H and O–H groups in total. The summed E-state index contributed by atoms with van der Waals surface area (Å²) in [5, 5.41) is 8.19. The third-order valence-corrected chi connectivity index (χ3v) is 1.21. The van der Waals surface area contributed by atoms with Gasteiger partial charge in [-0.3, -0.25) is 4.84 Å². The highest BCUT2D eigenvalue weighted by Crippen LogP contribution is 2.08. The second-order valence-electron chi connectivity index (χ2n) is 1.89. The number of rotatable bonds is 3. The topological polar surface area (TPSA) is 50.7 Å². The fourth-order valence-electron chi connectivity index (χ4n) is 0.801. The summed E-state index contributed by atoms with van der Waals surface area (Å²) in [6, 6.07) is 0. The van der Waals surface area contributed by atoms with Crippen LogP contribution in [0.2, 0.25) is 0 Å². The van der Waals surface area contributed by atoms with Crippen molar-refractivity contribution >= 4 is 0 Å². The van der Waals surface area contributed by atoms with E-state index in [1.165, 1.54) is 0 Å². The molecule has 0 aromatic heterocycles. The standard InChI is InChI=1S/C5H11NO3/c7-4-9-6-5-2-1-3-8-5/h5-7H,1-4H2. The first-order chi connectivity index (χ1) is 4.43. The Bertz CT molecular complexity index is 72.6. The Morgan fingerprint density at radius 3 is 3.22 bits per heavy atom. The van der Waals surface area contributed by atoms with Crippen LogP contribution in [0.25, 0.3) is 0 Å². The molecule has 1 unspecified atom stereocenters. The Morgan fingerprint density at radius 1 is 1.78 bits per heavy atom. The Balaban J connectivity index is 1.98. The maximum absolute atomic E-state index is 8.19. The predicted molar refractivity (Wildman–Crippen MR) is 30.3 cm³/mol. The number of hydrogen-bond donors (Lipinski definition) is 2. The van der Waals surface area contributed by atoms with Crippen LogP contribution in [0.1, 0.15) is 12.8 Å². The van der Waals surface area contributed by atoms with E-state index in [0.717, 1.165) is 19.4 Å². The first kappa shape index (κ1) is 6.95. The Morgan fingerprint density at radius 2 is 2.67 bits per heavy atom. The summed E-state index contributed by atoms with van der Waals surface area (Å²) < 4.78 is 5.11. The zero-order chi connectivity index (χ0) is 6.53. The van der Waals surface area contributed by atoms with Crippen LogP contribution in [0, 0.1) is 0 Å². The largest absolute Gasteiger partial charge is 0.369 e. The average Bonchev–Trinajstić information content (AvgIpc) is 2.34. The summed E-state index contributed by atoms with van der Waals surface area (Å²) in [6.45, 7) is 0.478. The first-order valence-corrected chi connectivity index (χ1v) is 3.03. The third-order valence-electron chi connectivity index (χ3n) is 1.21. The smallest absolute Gasteiger partial charge is 0.163 e. The van der Waals surface area contributed by atoms with Crippen molar-refractivity contribution in [3.05, 3.63) is 0 Å². The molecule has 0 amide bonds. The monoisotopic (exact) mass is 133 g/mol. The zero-order valence-corrected chi connectivity index (χ0v) is 5.17. The van der Waals surface area contributed by atoms with E-state index in [0.29, 0.717) is 0 Å². The van der Waals surface area contributed by atoms with Crippen molar-refractivity contribution in [2.24, 2.45) is 0 Å². The Hall–Kier alpha value is -0.160. The SMILES string of the molecule is OCONC1CCCO1. The molecule has 4 heteroatoms. The summed E-state index contributed by atoms with van der Waals surface area (Å²) in [4.78, 5) is 4.50. The normalized spacial score (nSPS) is 27.0. The van der Waals surface area contributed by atoms with E-state index in [-0.39, 0.29) is 13.0 Å². The van der Waals surface area contributed by atoms with Crippen LogP contribution < -0.4 is 5.48 Å². The number of aliphatic hydroxyl groups excluding tert-OH is 1. The molecule has 1 aliphatic rings. The lowest BCUT2D eigenvalue weighted by molar-refractivity contribution is -0.120. The molecule has 0 aliphatic carbocycles. The van der Waals surface area contributed by atoms with Crippen molar-refractivity contribution in [3.8, 4) is 0 Å². The summed E-state index contributed by atoms with van der Waals surface area (Å²) in [6.07, 6.45) is 2.00. The molecule has 4 nitrogen and oxygen atoms in total. The van der Waals surface area contributed by atoms with Crippen molar-refractivity contribution in [2.45, 2.75) is 19.1 Å². The first-order valence-electron chi connectivity index (χ1n) is 3.03. The van der Waals surface area contributed by atoms with E-state index in [1.54, 1.807) is 0 Å². The van der Waals surface area contributed by atoms with Gasteiger partial charge in [0, 0.05) is 6.61 Å². The van der Waals surface area contributed by atoms with Crippen LogP contribution >= 0.6 is 0 Å². The van der Waals surface area contributed by atoms with Gasteiger partial charge in [-0.1, -0.05) is 0 Å². The van der Waals surface area contributed by atoms with Crippen LogP contribution in [-0.4, -0.2) is 24.7 Å². The van der Waals surface area contributed by atoms with Crippen LogP contribution in [0.5, 0.6) is 0 Å². The highest BCUT2D eigenvalue weighted by molar-refractivity contribution is 4.56. The van der Waals surface area contributed by atoms with Crippen LogP contribution in [0.4, 0.5) is 0 Å². The molecule has 1 fully saturated rings. The second-order valence-corrected chi connectivity index (χ2v) is 1.89. The summed E-state index contributed by atoms with van der Waals surface area (Å²) in [7, 11) is 0. The van der Waals surface area contributed by atoms with E-state index in [2.05, 4.69) is 10.3 Å². The molecule has 0 bridgehead atoms. The van der Waals surface area contributed by atoms with Gasteiger partial charge in [0.15, 0.2) is 6.79 Å². The molecule has 1 rings (SSSR count). The van der Waals surface area contributed by atoms with Crippen molar-refractivity contribution in [3.63, 3.8) is 0 Å².